The molecule has 1 atom stereocenters. The number of anilines is 3. The molecule has 0 fully saturated rings. The van der Waals surface area contributed by atoms with E-state index in [4.69, 9.17) is 5.26 Å². The van der Waals surface area contributed by atoms with Crippen molar-refractivity contribution in [2.75, 3.05) is 4.90 Å². The van der Waals surface area contributed by atoms with Crippen molar-refractivity contribution in [1.82, 2.24) is 4.98 Å². The highest BCUT2D eigenvalue weighted by Crippen LogP contribution is 2.34. The third-order valence-electron chi connectivity index (χ3n) is 4.91. The first kappa shape index (κ1) is 23.6. The van der Waals surface area contributed by atoms with Crippen LogP contribution in [0.2, 0.25) is 0 Å². The maximum atomic E-state index is 10.7. The lowest BCUT2D eigenvalue weighted by Gasteiger charge is -2.25. The van der Waals surface area contributed by atoms with Crippen LogP contribution in [0.25, 0.3) is 0 Å². The Balaban J connectivity index is 0.000000968. The van der Waals surface area contributed by atoms with Crippen LogP contribution in [0.5, 0.6) is 0 Å². The first-order valence-electron chi connectivity index (χ1n) is 10.3. The SMILES string of the molecule is FBF.N#Cc1ccnc(CC(O)c2ccc(N(c3ccccc3)c3ccccc3)cc2)c1. The summed E-state index contributed by atoms with van der Waals surface area (Å²) in [5.41, 5.74) is 5.19. The van der Waals surface area contributed by atoms with Crippen molar-refractivity contribution < 1.29 is 13.7 Å². The number of hydrogen-bond donors (Lipinski definition) is 1. The molecule has 1 aromatic heterocycles. The van der Waals surface area contributed by atoms with E-state index >= 15 is 0 Å². The molecule has 0 aliphatic carbocycles. The van der Waals surface area contributed by atoms with Gasteiger partial charge in [-0.2, -0.15) is 5.26 Å². The number of nitrogens with zero attached hydrogens (tertiary/aromatic N) is 3. The molecule has 4 aromatic rings. The lowest BCUT2D eigenvalue weighted by molar-refractivity contribution is 0.177. The van der Waals surface area contributed by atoms with Gasteiger partial charge in [0.1, 0.15) is 0 Å². The Kier molecular flexibility index (Phi) is 8.69. The number of aromatic nitrogens is 1. The summed E-state index contributed by atoms with van der Waals surface area (Å²) in [5, 5.41) is 19.7. The van der Waals surface area contributed by atoms with Crippen molar-refractivity contribution in [1.29, 1.82) is 5.26 Å². The van der Waals surface area contributed by atoms with E-state index in [1.54, 1.807) is 18.3 Å². The van der Waals surface area contributed by atoms with Crippen LogP contribution in [-0.4, -0.2) is 17.9 Å². The molecule has 7 heteroatoms. The quantitative estimate of drug-likeness (QED) is 0.379. The summed E-state index contributed by atoms with van der Waals surface area (Å²) < 4.78 is 19.2. The standard InChI is InChI=1S/C26H21N3O.BF2H/c27-19-20-15-16-28-22(17-20)18-26(30)21-11-13-25(14-12-21)29(23-7-3-1-4-8-23)24-9-5-2-6-10-24;2-1-3/h1-17,26,30H,18H2;1H. The molecule has 1 N–H and O–H groups in total. The summed E-state index contributed by atoms with van der Waals surface area (Å²) in [4.78, 5) is 6.43. The van der Waals surface area contributed by atoms with Gasteiger partial charge in [0.25, 0.3) is 0 Å². The minimum absolute atomic E-state index is 0.357. The van der Waals surface area contributed by atoms with E-state index in [1.807, 2.05) is 60.7 Å². The first-order chi connectivity index (χ1) is 16.2. The van der Waals surface area contributed by atoms with Gasteiger partial charge in [-0.15, -0.1) is 0 Å². The molecule has 0 radical (unpaired) electrons. The summed E-state index contributed by atoms with van der Waals surface area (Å²) in [6.45, 7) is 0. The molecule has 0 spiro atoms. The van der Waals surface area contributed by atoms with E-state index in [2.05, 4.69) is 40.2 Å². The molecule has 0 saturated carbocycles. The van der Waals surface area contributed by atoms with Crippen molar-refractivity contribution in [3.63, 3.8) is 0 Å². The van der Waals surface area contributed by atoms with E-state index in [-0.39, 0.29) is 0 Å². The second kappa shape index (κ2) is 12.1. The number of benzene rings is 3. The van der Waals surface area contributed by atoms with Crippen LogP contribution in [0, 0.1) is 11.3 Å². The van der Waals surface area contributed by atoms with Crippen LogP contribution in [-0.2, 0) is 6.42 Å². The molecular formula is C26H22BF2N3O. The predicted molar refractivity (Wildman–Crippen MR) is 128 cm³/mol. The first-order valence-corrected chi connectivity index (χ1v) is 10.3. The number of para-hydroxylation sites is 2. The lowest BCUT2D eigenvalue weighted by Crippen LogP contribution is -2.10. The largest absolute Gasteiger partial charge is 0.521 e. The Hall–Kier alpha value is -4.02. The summed E-state index contributed by atoms with van der Waals surface area (Å²) in [6.07, 6.45) is 1.26. The van der Waals surface area contributed by atoms with E-state index in [0.717, 1.165) is 22.6 Å². The van der Waals surface area contributed by atoms with Crippen LogP contribution < -0.4 is 4.90 Å². The number of pyridine rings is 1. The zero-order valence-corrected chi connectivity index (χ0v) is 17.9. The van der Waals surface area contributed by atoms with Crippen LogP contribution >= 0.6 is 0 Å². The van der Waals surface area contributed by atoms with Gasteiger partial charge >= 0.3 is 7.83 Å². The van der Waals surface area contributed by atoms with E-state index < -0.39 is 13.9 Å². The Morgan fingerprint density at radius 2 is 1.36 bits per heavy atom. The normalized spacial score (nSPS) is 10.8. The van der Waals surface area contributed by atoms with Gasteiger partial charge in [0.2, 0.25) is 0 Å². The fourth-order valence-electron chi connectivity index (χ4n) is 3.42. The number of aliphatic hydroxyl groups is 1. The molecule has 4 rings (SSSR count). The minimum atomic E-state index is -1.75. The van der Waals surface area contributed by atoms with Crippen molar-refractivity contribution in [2.45, 2.75) is 12.5 Å². The molecule has 0 aliphatic heterocycles. The molecule has 0 aliphatic rings. The second-order valence-electron chi connectivity index (χ2n) is 7.07. The van der Waals surface area contributed by atoms with Gasteiger partial charge in [0.15, 0.2) is 0 Å². The van der Waals surface area contributed by atoms with E-state index in [0.29, 0.717) is 17.7 Å². The molecule has 4 nitrogen and oxygen atoms in total. The number of halogens is 2. The molecule has 1 heterocycles. The third-order valence-corrected chi connectivity index (χ3v) is 4.91. The molecular weight excluding hydrogens is 419 g/mol. The monoisotopic (exact) mass is 441 g/mol. The minimum Gasteiger partial charge on any atom is -0.388 e. The number of nitriles is 1. The van der Waals surface area contributed by atoms with Gasteiger partial charge in [-0.05, 0) is 54.1 Å². The van der Waals surface area contributed by atoms with Gasteiger partial charge in [0.05, 0.1) is 17.7 Å². The van der Waals surface area contributed by atoms with Gasteiger partial charge < -0.3 is 10.0 Å². The predicted octanol–water partition coefficient (Wildman–Crippen LogP) is 5.89. The van der Waals surface area contributed by atoms with Crippen molar-refractivity contribution in [3.05, 3.63) is 120 Å². The van der Waals surface area contributed by atoms with Gasteiger partial charge in [-0.3, -0.25) is 13.6 Å². The van der Waals surface area contributed by atoms with Gasteiger partial charge in [0, 0.05) is 35.4 Å². The summed E-state index contributed by atoms with van der Waals surface area (Å²) in [5.74, 6) is 0. The Labute approximate surface area is 192 Å². The summed E-state index contributed by atoms with van der Waals surface area (Å²) in [6, 6.07) is 33.7. The Morgan fingerprint density at radius 3 is 1.88 bits per heavy atom. The van der Waals surface area contributed by atoms with Gasteiger partial charge in [-0.1, -0.05) is 48.5 Å². The molecule has 33 heavy (non-hydrogen) atoms. The van der Waals surface area contributed by atoms with E-state index in [1.165, 1.54) is 0 Å². The van der Waals surface area contributed by atoms with Crippen LogP contribution in [0.3, 0.4) is 0 Å². The topological polar surface area (TPSA) is 60.1 Å². The highest BCUT2D eigenvalue weighted by molar-refractivity contribution is 6.15. The molecule has 3 aromatic carbocycles. The number of rotatable bonds is 6. The van der Waals surface area contributed by atoms with Crippen molar-refractivity contribution >= 4 is 24.9 Å². The molecule has 1 unspecified atom stereocenters. The average Bonchev–Trinajstić information content (AvgIpc) is 2.86. The second-order valence-corrected chi connectivity index (χ2v) is 7.07. The van der Waals surface area contributed by atoms with Gasteiger partial charge in [-0.25, -0.2) is 0 Å². The molecule has 0 bridgehead atoms. The Bertz CT molecular complexity index is 1130. The van der Waals surface area contributed by atoms with Crippen molar-refractivity contribution in [2.24, 2.45) is 0 Å². The fourth-order valence-corrected chi connectivity index (χ4v) is 3.42. The number of aliphatic hydroxyl groups excluding tert-OH is 1. The highest BCUT2D eigenvalue weighted by atomic mass is 19.2. The third kappa shape index (κ3) is 6.48. The molecule has 164 valence electrons. The average molecular weight is 441 g/mol. The van der Waals surface area contributed by atoms with E-state index in [9.17, 15) is 13.7 Å². The van der Waals surface area contributed by atoms with Crippen LogP contribution in [0.4, 0.5) is 25.7 Å². The lowest BCUT2D eigenvalue weighted by atomic mass is 10.0. The summed E-state index contributed by atoms with van der Waals surface area (Å²) in [7, 11) is -1.75. The summed E-state index contributed by atoms with van der Waals surface area (Å²) >= 11 is 0. The molecule has 0 amide bonds. The fraction of sp³-hybridized carbons (Fsp3) is 0.0769. The maximum Gasteiger partial charge on any atom is 0.521 e. The zero-order valence-electron chi connectivity index (χ0n) is 17.9. The highest BCUT2D eigenvalue weighted by Gasteiger charge is 2.14. The van der Waals surface area contributed by atoms with Crippen LogP contribution in [0.1, 0.15) is 22.9 Å². The maximum absolute atomic E-state index is 10.7. The number of hydrogen-bond acceptors (Lipinski definition) is 4. The Morgan fingerprint density at radius 1 is 0.848 bits per heavy atom. The molecule has 0 saturated heterocycles. The zero-order chi connectivity index (χ0) is 23.5. The smallest absolute Gasteiger partial charge is 0.388 e. The van der Waals surface area contributed by atoms with Crippen LogP contribution in [0.15, 0.2) is 103 Å². The van der Waals surface area contributed by atoms with Crippen molar-refractivity contribution in [3.8, 4) is 6.07 Å².